The maximum Gasteiger partial charge on any atom is 0.222 e. The number of likely N-dealkylation sites (tertiary alicyclic amines) is 1. The number of aromatic nitrogens is 2. The van der Waals surface area contributed by atoms with E-state index >= 15 is 0 Å². The van der Waals surface area contributed by atoms with Gasteiger partial charge in [0.05, 0.1) is 18.1 Å². The van der Waals surface area contributed by atoms with Crippen molar-refractivity contribution in [2.45, 2.75) is 38.3 Å². The highest BCUT2D eigenvalue weighted by atomic mass is 16.5. The van der Waals surface area contributed by atoms with Crippen molar-refractivity contribution in [3.8, 4) is 5.75 Å². The molecule has 1 aromatic heterocycles. The number of imidazole rings is 1. The van der Waals surface area contributed by atoms with Gasteiger partial charge in [-0.15, -0.1) is 0 Å². The number of amides is 1. The van der Waals surface area contributed by atoms with Crippen molar-refractivity contribution in [1.29, 1.82) is 0 Å². The molecule has 1 amide bonds. The van der Waals surface area contributed by atoms with Gasteiger partial charge in [0, 0.05) is 39.0 Å². The molecular weight excluding hydrogens is 376 g/mol. The standard InChI is InChI=1S/C24H30N4O2/c1-27-22-9-4-3-8-21(22)26-23(27)13-15-28-19(10-11-24(28)29)12-14-25-17-18-6-5-7-20(16-18)30-2/h3-9,16,19,25H,10-15,17H2,1-2H3/t19-/m1/s1. The molecule has 6 nitrogen and oxygen atoms in total. The number of fused-ring (bicyclic) bond motifs is 1. The lowest BCUT2D eigenvalue weighted by Gasteiger charge is -2.25. The van der Waals surface area contributed by atoms with Crippen LogP contribution in [0, 0.1) is 0 Å². The second-order valence-electron chi connectivity index (χ2n) is 7.92. The lowest BCUT2D eigenvalue weighted by atomic mass is 10.1. The van der Waals surface area contributed by atoms with Gasteiger partial charge < -0.3 is 19.5 Å². The number of nitrogens with one attached hydrogen (secondary N) is 1. The molecule has 3 aromatic rings. The molecule has 1 atom stereocenters. The third kappa shape index (κ3) is 4.49. The summed E-state index contributed by atoms with van der Waals surface area (Å²) in [6.07, 6.45) is 3.36. The van der Waals surface area contributed by atoms with Gasteiger partial charge in [0.25, 0.3) is 0 Å². The number of carbonyl (C=O) groups is 1. The lowest BCUT2D eigenvalue weighted by Crippen LogP contribution is -2.36. The highest BCUT2D eigenvalue weighted by Crippen LogP contribution is 2.22. The third-order valence-electron chi connectivity index (χ3n) is 6.03. The van der Waals surface area contributed by atoms with Crippen molar-refractivity contribution < 1.29 is 9.53 Å². The summed E-state index contributed by atoms with van der Waals surface area (Å²) < 4.78 is 7.42. The number of hydrogen-bond acceptors (Lipinski definition) is 4. The van der Waals surface area contributed by atoms with Crippen LogP contribution in [0.3, 0.4) is 0 Å². The zero-order chi connectivity index (χ0) is 20.9. The van der Waals surface area contributed by atoms with Gasteiger partial charge in [-0.05, 0) is 49.2 Å². The monoisotopic (exact) mass is 406 g/mol. The minimum absolute atomic E-state index is 0.270. The normalized spacial score (nSPS) is 16.5. The number of aryl methyl sites for hydroxylation is 1. The first-order valence-corrected chi connectivity index (χ1v) is 10.7. The summed E-state index contributed by atoms with van der Waals surface area (Å²) in [7, 11) is 3.74. The Morgan fingerprint density at radius 2 is 2.07 bits per heavy atom. The Morgan fingerprint density at radius 1 is 1.20 bits per heavy atom. The molecule has 6 heteroatoms. The highest BCUT2D eigenvalue weighted by molar-refractivity contribution is 5.79. The molecule has 0 unspecified atom stereocenters. The van der Waals surface area contributed by atoms with Crippen LogP contribution >= 0.6 is 0 Å². The van der Waals surface area contributed by atoms with Crippen LogP contribution < -0.4 is 10.1 Å². The van der Waals surface area contributed by atoms with E-state index in [1.807, 2.05) is 30.3 Å². The van der Waals surface area contributed by atoms with E-state index in [0.717, 1.165) is 61.5 Å². The predicted octanol–water partition coefficient (Wildman–Crippen LogP) is 3.30. The van der Waals surface area contributed by atoms with E-state index in [1.165, 1.54) is 5.56 Å². The van der Waals surface area contributed by atoms with Crippen LogP contribution in [-0.2, 0) is 24.8 Å². The van der Waals surface area contributed by atoms with Crippen molar-refractivity contribution in [2.75, 3.05) is 20.2 Å². The van der Waals surface area contributed by atoms with E-state index in [1.54, 1.807) is 7.11 Å². The van der Waals surface area contributed by atoms with Gasteiger partial charge in [-0.2, -0.15) is 0 Å². The van der Waals surface area contributed by atoms with Crippen LogP contribution in [0.25, 0.3) is 11.0 Å². The summed E-state index contributed by atoms with van der Waals surface area (Å²) in [5, 5.41) is 3.51. The number of rotatable bonds is 9. The minimum Gasteiger partial charge on any atom is -0.497 e. The van der Waals surface area contributed by atoms with E-state index in [2.05, 4.69) is 40.0 Å². The predicted molar refractivity (Wildman–Crippen MR) is 118 cm³/mol. The first kappa shape index (κ1) is 20.4. The zero-order valence-corrected chi connectivity index (χ0v) is 17.8. The quantitative estimate of drug-likeness (QED) is 0.554. The van der Waals surface area contributed by atoms with Crippen LogP contribution in [0.2, 0.25) is 0 Å². The molecule has 1 N–H and O–H groups in total. The van der Waals surface area contributed by atoms with Gasteiger partial charge in [-0.3, -0.25) is 4.79 Å². The largest absolute Gasteiger partial charge is 0.497 e. The zero-order valence-electron chi connectivity index (χ0n) is 17.8. The van der Waals surface area contributed by atoms with E-state index < -0.39 is 0 Å². The van der Waals surface area contributed by atoms with Crippen molar-refractivity contribution in [3.05, 3.63) is 59.9 Å². The second kappa shape index (κ2) is 9.30. The van der Waals surface area contributed by atoms with Crippen LogP contribution in [0.1, 0.15) is 30.7 Å². The van der Waals surface area contributed by atoms with Crippen molar-refractivity contribution in [3.63, 3.8) is 0 Å². The fraction of sp³-hybridized carbons (Fsp3) is 0.417. The summed E-state index contributed by atoms with van der Waals surface area (Å²) in [6, 6.07) is 16.6. The molecule has 0 saturated carbocycles. The van der Waals surface area contributed by atoms with Crippen molar-refractivity contribution in [2.24, 2.45) is 7.05 Å². The molecule has 1 aliphatic heterocycles. The topological polar surface area (TPSA) is 59.4 Å². The molecule has 1 aliphatic rings. The average molecular weight is 407 g/mol. The van der Waals surface area contributed by atoms with Crippen molar-refractivity contribution >= 4 is 16.9 Å². The Morgan fingerprint density at radius 3 is 2.90 bits per heavy atom. The van der Waals surface area contributed by atoms with Gasteiger partial charge in [0.15, 0.2) is 0 Å². The van der Waals surface area contributed by atoms with Gasteiger partial charge in [0.2, 0.25) is 5.91 Å². The first-order valence-electron chi connectivity index (χ1n) is 10.7. The van der Waals surface area contributed by atoms with Gasteiger partial charge in [-0.1, -0.05) is 24.3 Å². The third-order valence-corrected chi connectivity index (χ3v) is 6.03. The van der Waals surface area contributed by atoms with Crippen molar-refractivity contribution in [1.82, 2.24) is 19.8 Å². The first-order chi connectivity index (χ1) is 14.7. The van der Waals surface area contributed by atoms with Crippen LogP contribution in [0.5, 0.6) is 5.75 Å². The molecule has 1 saturated heterocycles. The Bertz CT molecular complexity index is 1010. The van der Waals surface area contributed by atoms with Crippen LogP contribution in [0.4, 0.5) is 0 Å². The molecule has 0 radical (unpaired) electrons. The molecular formula is C24H30N4O2. The number of hydrogen-bond donors (Lipinski definition) is 1. The number of nitrogens with zero attached hydrogens (tertiary/aromatic N) is 3. The maximum absolute atomic E-state index is 12.5. The molecule has 0 bridgehead atoms. The van der Waals surface area contributed by atoms with E-state index in [9.17, 15) is 4.79 Å². The fourth-order valence-electron chi connectivity index (χ4n) is 4.32. The number of benzene rings is 2. The fourth-order valence-corrected chi connectivity index (χ4v) is 4.32. The molecule has 0 spiro atoms. The molecule has 2 heterocycles. The number of ether oxygens (including phenoxy) is 1. The summed E-state index contributed by atoms with van der Waals surface area (Å²) in [5.74, 6) is 2.18. The molecule has 1 fully saturated rings. The lowest BCUT2D eigenvalue weighted by molar-refractivity contribution is -0.129. The number of para-hydroxylation sites is 2. The Kier molecular flexibility index (Phi) is 6.33. The molecule has 30 heavy (non-hydrogen) atoms. The van der Waals surface area contributed by atoms with E-state index in [-0.39, 0.29) is 5.91 Å². The number of carbonyl (C=O) groups excluding carboxylic acids is 1. The van der Waals surface area contributed by atoms with Gasteiger partial charge in [-0.25, -0.2) is 4.98 Å². The smallest absolute Gasteiger partial charge is 0.222 e. The average Bonchev–Trinajstić information content (AvgIpc) is 3.29. The maximum atomic E-state index is 12.5. The number of methoxy groups -OCH3 is 1. The Balaban J connectivity index is 1.29. The SMILES string of the molecule is COc1cccc(CNCC[C@H]2CCC(=O)N2CCc2nc3ccccc3n2C)c1. The highest BCUT2D eigenvalue weighted by Gasteiger charge is 2.30. The molecule has 2 aromatic carbocycles. The second-order valence-corrected chi connectivity index (χ2v) is 7.92. The molecule has 158 valence electrons. The van der Waals surface area contributed by atoms with Crippen LogP contribution in [0.15, 0.2) is 48.5 Å². The van der Waals surface area contributed by atoms with Gasteiger partial charge >= 0.3 is 0 Å². The van der Waals surface area contributed by atoms with E-state index in [0.29, 0.717) is 12.5 Å². The summed E-state index contributed by atoms with van der Waals surface area (Å²) in [6.45, 7) is 2.42. The summed E-state index contributed by atoms with van der Waals surface area (Å²) >= 11 is 0. The summed E-state index contributed by atoms with van der Waals surface area (Å²) in [5.41, 5.74) is 3.36. The summed E-state index contributed by atoms with van der Waals surface area (Å²) in [4.78, 5) is 19.3. The Hall–Kier alpha value is -2.86. The van der Waals surface area contributed by atoms with Crippen LogP contribution in [-0.4, -0.2) is 46.6 Å². The molecule has 0 aliphatic carbocycles. The molecule has 4 rings (SSSR count). The van der Waals surface area contributed by atoms with E-state index in [4.69, 9.17) is 9.72 Å². The minimum atomic E-state index is 0.270. The van der Waals surface area contributed by atoms with Gasteiger partial charge in [0.1, 0.15) is 11.6 Å². The Labute approximate surface area is 177 Å².